The van der Waals surface area contributed by atoms with Crippen LogP contribution in [0.15, 0.2) is 40.9 Å². The number of hydrogen-bond acceptors (Lipinski definition) is 6. The second kappa shape index (κ2) is 7.78. The molecule has 1 N–H and O–H groups in total. The molecule has 0 radical (unpaired) electrons. The van der Waals surface area contributed by atoms with Gasteiger partial charge >= 0.3 is 5.97 Å². The van der Waals surface area contributed by atoms with Crippen LogP contribution in [0.3, 0.4) is 0 Å². The molecule has 0 saturated heterocycles. The fourth-order valence-corrected chi connectivity index (χ4v) is 2.60. The van der Waals surface area contributed by atoms with E-state index in [1.54, 1.807) is 18.2 Å². The van der Waals surface area contributed by atoms with Crippen LogP contribution in [0.4, 0.5) is 11.4 Å². The number of halogens is 1. The Balaban J connectivity index is 2.17. The Morgan fingerprint density at radius 2 is 2.00 bits per heavy atom. The second-order valence-corrected chi connectivity index (χ2v) is 5.66. The van der Waals surface area contributed by atoms with E-state index in [0.29, 0.717) is 28.0 Å². The molecule has 126 valence electrons. The first-order valence-electron chi connectivity index (χ1n) is 6.89. The predicted molar refractivity (Wildman–Crippen MR) is 92.5 cm³/mol. The minimum Gasteiger partial charge on any atom is -0.496 e. The Morgan fingerprint density at radius 1 is 1.25 bits per heavy atom. The Bertz CT molecular complexity index is 779. The highest BCUT2D eigenvalue weighted by molar-refractivity contribution is 9.10. The van der Waals surface area contributed by atoms with Gasteiger partial charge in [0.2, 0.25) is 0 Å². The molecule has 2 rings (SSSR count). The molecule has 0 aliphatic heterocycles. The van der Waals surface area contributed by atoms with Gasteiger partial charge in [-0.25, -0.2) is 4.79 Å². The maximum absolute atomic E-state index is 11.8. The molecule has 0 heterocycles. The smallest absolute Gasteiger partial charge is 0.341 e. The minimum absolute atomic E-state index is 0.00449. The van der Waals surface area contributed by atoms with E-state index in [2.05, 4.69) is 21.2 Å². The van der Waals surface area contributed by atoms with Gasteiger partial charge in [0.05, 0.1) is 19.1 Å². The maximum Gasteiger partial charge on any atom is 0.341 e. The number of nitrogens with one attached hydrogen (secondary N) is 1. The van der Waals surface area contributed by atoms with Crippen molar-refractivity contribution < 1.29 is 19.2 Å². The van der Waals surface area contributed by atoms with Crippen molar-refractivity contribution in [2.75, 3.05) is 19.5 Å². The van der Waals surface area contributed by atoms with E-state index in [1.807, 2.05) is 6.07 Å². The van der Waals surface area contributed by atoms with E-state index in [-0.39, 0.29) is 5.69 Å². The minimum atomic E-state index is -0.481. The number of nitrogens with zero attached hydrogens (tertiary/aromatic N) is 1. The number of carbonyl (C=O) groups excluding carboxylic acids is 1. The fraction of sp³-hybridized carbons (Fsp3) is 0.188. The van der Waals surface area contributed by atoms with Crippen LogP contribution in [0.5, 0.6) is 5.75 Å². The standard InChI is InChI=1S/C16H15BrN2O5/c1-23-15-6-3-10(7-12(15)16(20)24-2)9-18-14-5-4-11(19(21)22)8-13(14)17/h3-8,18H,9H2,1-2H3. The van der Waals surface area contributed by atoms with Gasteiger partial charge in [-0.1, -0.05) is 6.07 Å². The maximum atomic E-state index is 11.8. The normalized spacial score (nSPS) is 10.1. The van der Waals surface area contributed by atoms with Crippen LogP contribution in [-0.4, -0.2) is 25.1 Å². The van der Waals surface area contributed by atoms with Crippen LogP contribution in [0.25, 0.3) is 0 Å². The predicted octanol–water partition coefficient (Wildman–Crippen LogP) is 3.76. The summed E-state index contributed by atoms with van der Waals surface area (Å²) >= 11 is 3.30. The van der Waals surface area contributed by atoms with E-state index in [4.69, 9.17) is 9.47 Å². The molecule has 7 nitrogen and oxygen atoms in total. The van der Waals surface area contributed by atoms with Crippen molar-refractivity contribution in [3.8, 4) is 5.75 Å². The molecule has 0 atom stereocenters. The van der Waals surface area contributed by atoms with Crippen molar-refractivity contribution in [3.05, 3.63) is 62.1 Å². The lowest BCUT2D eigenvalue weighted by Gasteiger charge is -2.11. The van der Waals surface area contributed by atoms with Crippen LogP contribution in [0, 0.1) is 10.1 Å². The quantitative estimate of drug-likeness (QED) is 0.455. The Labute approximate surface area is 146 Å². The van der Waals surface area contributed by atoms with Crippen LogP contribution < -0.4 is 10.1 Å². The zero-order chi connectivity index (χ0) is 17.7. The number of carbonyl (C=O) groups is 1. The number of esters is 1. The molecule has 2 aromatic carbocycles. The van der Waals surface area contributed by atoms with Gasteiger partial charge in [-0.2, -0.15) is 0 Å². The Morgan fingerprint density at radius 3 is 2.58 bits per heavy atom. The lowest BCUT2D eigenvalue weighted by atomic mass is 10.1. The average molecular weight is 395 g/mol. The molecule has 24 heavy (non-hydrogen) atoms. The summed E-state index contributed by atoms with van der Waals surface area (Å²) in [5.41, 5.74) is 1.88. The summed E-state index contributed by atoms with van der Waals surface area (Å²) in [5, 5.41) is 13.9. The number of non-ortho nitro benzene ring substituents is 1. The Hall–Kier alpha value is -2.61. The number of hydrogen-bond donors (Lipinski definition) is 1. The third kappa shape index (κ3) is 4.02. The van der Waals surface area contributed by atoms with Crippen LogP contribution >= 0.6 is 15.9 Å². The molecular formula is C16H15BrN2O5. The number of ether oxygens (including phenoxy) is 2. The first-order valence-corrected chi connectivity index (χ1v) is 7.68. The van der Waals surface area contributed by atoms with Crippen LogP contribution in [0.1, 0.15) is 15.9 Å². The molecule has 0 saturated carbocycles. The highest BCUT2D eigenvalue weighted by atomic mass is 79.9. The molecule has 0 fully saturated rings. The first-order chi connectivity index (χ1) is 11.5. The van der Waals surface area contributed by atoms with Gasteiger partial charge in [0.15, 0.2) is 0 Å². The number of rotatable bonds is 6. The van der Waals surface area contributed by atoms with Gasteiger partial charge in [-0.05, 0) is 39.7 Å². The van der Waals surface area contributed by atoms with Gasteiger partial charge in [-0.15, -0.1) is 0 Å². The summed E-state index contributed by atoms with van der Waals surface area (Å²) in [5.74, 6) is -0.0488. The summed E-state index contributed by atoms with van der Waals surface area (Å²) in [6, 6.07) is 9.65. The van der Waals surface area contributed by atoms with Crippen LogP contribution in [-0.2, 0) is 11.3 Å². The van der Waals surface area contributed by atoms with Crippen molar-refractivity contribution in [3.63, 3.8) is 0 Å². The number of nitro benzene ring substituents is 1. The molecule has 0 aliphatic rings. The van der Waals surface area contributed by atoms with Gasteiger partial charge in [0.1, 0.15) is 11.3 Å². The number of nitro groups is 1. The molecule has 0 bridgehead atoms. The van der Waals surface area contributed by atoms with Crippen molar-refractivity contribution in [1.82, 2.24) is 0 Å². The average Bonchev–Trinajstić information content (AvgIpc) is 2.59. The van der Waals surface area contributed by atoms with Crippen molar-refractivity contribution in [2.45, 2.75) is 6.54 Å². The molecular weight excluding hydrogens is 380 g/mol. The van der Waals surface area contributed by atoms with E-state index in [9.17, 15) is 14.9 Å². The highest BCUT2D eigenvalue weighted by Gasteiger charge is 2.14. The summed E-state index contributed by atoms with van der Waals surface area (Å²) in [7, 11) is 2.79. The number of anilines is 1. The second-order valence-electron chi connectivity index (χ2n) is 4.80. The van der Waals surface area contributed by atoms with E-state index >= 15 is 0 Å². The van der Waals surface area contributed by atoms with Crippen LogP contribution in [0.2, 0.25) is 0 Å². The fourth-order valence-electron chi connectivity index (χ4n) is 2.09. The molecule has 0 aliphatic carbocycles. The molecule has 0 aromatic heterocycles. The zero-order valence-electron chi connectivity index (χ0n) is 13.0. The summed E-state index contributed by atoms with van der Waals surface area (Å²) < 4.78 is 10.5. The first kappa shape index (κ1) is 17.7. The molecule has 0 spiro atoms. The van der Waals surface area contributed by atoms with E-state index in [1.165, 1.54) is 26.4 Å². The lowest BCUT2D eigenvalue weighted by molar-refractivity contribution is -0.384. The molecule has 0 amide bonds. The summed E-state index contributed by atoms with van der Waals surface area (Å²) in [6.45, 7) is 0.421. The zero-order valence-corrected chi connectivity index (χ0v) is 14.6. The van der Waals surface area contributed by atoms with Gasteiger partial charge in [0, 0.05) is 28.8 Å². The third-order valence-corrected chi connectivity index (χ3v) is 3.97. The number of benzene rings is 2. The van der Waals surface area contributed by atoms with Gasteiger partial charge in [-0.3, -0.25) is 10.1 Å². The highest BCUT2D eigenvalue weighted by Crippen LogP contribution is 2.28. The summed E-state index contributed by atoms with van der Waals surface area (Å²) in [4.78, 5) is 22.1. The molecule has 0 unspecified atom stereocenters. The van der Waals surface area contributed by atoms with Gasteiger partial charge < -0.3 is 14.8 Å². The van der Waals surface area contributed by atoms with Crippen molar-refractivity contribution >= 4 is 33.3 Å². The van der Waals surface area contributed by atoms with E-state index in [0.717, 1.165) is 5.56 Å². The topological polar surface area (TPSA) is 90.7 Å². The largest absolute Gasteiger partial charge is 0.496 e. The molecule has 2 aromatic rings. The van der Waals surface area contributed by atoms with Crippen molar-refractivity contribution in [1.29, 1.82) is 0 Å². The van der Waals surface area contributed by atoms with E-state index < -0.39 is 10.9 Å². The lowest BCUT2D eigenvalue weighted by Crippen LogP contribution is -2.07. The molecule has 8 heteroatoms. The van der Waals surface area contributed by atoms with Gasteiger partial charge in [0.25, 0.3) is 5.69 Å². The Kier molecular flexibility index (Phi) is 5.75. The monoisotopic (exact) mass is 394 g/mol. The summed E-state index contributed by atoms with van der Waals surface area (Å²) in [6.07, 6.45) is 0. The van der Waals surface area contributed by atoms with Crippen molar-refractivity contribution in [2.24, 2.45) is 0 Å². The SMILES string of the molecule is COC(=O)c1cc(CNc2ccc([N+](=O)[O-])cc2Br)ccc1OC. The number of methoxy groups -OCH3 is 2. The third-order valence-electron chi connectivity index (χ3n) is 3.32.